The number of rotatable bonds is 3. The SMILES string of the molecule is CC(=O)N1CCN(Cc2cccc(C(=O)O)c2)CC12CCCCC2. The summed E-state index contributed by atoms with van der Waals surface area (Å²) >= 11 is 0. The van der Waals surface area contributed by atoms with Gasteiger partial charge in [0.25, 0.3) is 0 Å². The van der Waals surface area contributed by atoms with Crippen LogP contribution in [0.1, 0.15) is 54.9 Å². The predicted molar refractivity (Wildman–Crippen MR) is 91.9 cm³/mol. The Hall–Kier alpha value is -1.88. The van der Waals surface area contributed by atoms with Crippen LogP contribution in [-0.4, -0.2) is 52.0 Å². The fourth-order valence-electron chi connectivity index (χ4n) is 4.38. The first-order chi connectivity index (χ1) is 11.5. The standard InChI is InChI=1S/C19H26N2O3/c1-15(22)21-11-10-20(14-19(21)8-3-2-4-9-19)13-16-6-5-7-17(12-16)18(23)24/h5-7,12H,2-4,8-11,13-14H2,1H3,(H,23,24). The molecule has 0 atom stereocenters. The maximum atomic E-state index is 12.1. The third-order valence-corrected chi connectivity index (χ3v) is 5.47. The van der Waals surface area contributed by atoms with Gasteiger partial charge in [-0.2, -0.15) is 0 Å². The van der Waals surface area contributed by atoms with Crippen molar-refractivity contribution in [3.05, 3.63) is 35.4 Å². The molecule has 1 N–H and O–H groups in total. The van der Waals surface area contributed by atoms with E-state index in [1.807, 2.05) is 6.07 Å². The Morgan fingerprint density at radius 1 is 1.17 bits per heavy atom. The van der Waals surface area contributed by atoms with Crippen LogP contribution in [-0.2, 0) is 11.3 Å². The van der Waals surface area contributed by atoms with E-state index in [4.69, 9.17) is 5.11 Å². The largest absolute Gasteiger partial charge is 0.478 e. The van der Waals surface area contributed by atoms with E-state index in [0.717, 1.165) is 44.6 Å². The van der Waals surface area contributed by atoms with Gasteiger partial charge in [-0.3, -0.25) is 9.69 Å². The Balaban J connectivity index is 1.75. The van der Waals surface area contributed by atoms with Gasteiger partial charge < -0.3 is 10.0 Å². The maximum Gasteiger partial charge on any atom is 0.335 e. The molecule has 0 unspecified atom stereocenters. The van der Waals surface area contributed by atoms with Crippen molar-refractivity contribution in [2.75, 3.05) is 19.6 Å². The molecule has 130 valence electrons. The molecular formula is C19H26N2O3. The number of piperazine rings is 1. The molecule has 0 bridgehead atoms. The van der Waals surface area contributed by atoms with E-state index in [1.54, 1.807) is 25.1 Å². The highest BCUT2D eigenvalue weighted by molar-refractivity contribution is 5.87. The molecule has 24 heavy (non-hydrogen) atoms. The fraction of sp³-hybridized carbons (Fsp3) is 0.579. The van der Waals surface area contributed by atoms with Crippen LogP contribution >= 0.6 is 0 Å². The van der Waals surface area contributed by atoms with E-state index in [-0.39, 0.29) is 11.4 Å². The van der Waals surface area contributed by atoms with E-state index in [9.17, 15) is 9.59 Å². The molecule has 5 heteroatoms. The lowest BCUT2D eigenvalue weighted by Gasteiger charge is -2.52. The molecule has 1 heterocycles. The average Bonchev–Trinajstić information content (AvgIpc) is 2.55. The van der Waals surface area contributed by atoms with E-state index in [0.29, 0.717) is 5.56 Å². The second-order valence-electron chi connectivity index (χ2n) is 7.17. The summed E-state index contributed by atoms with van der Waals surface area (Å²) in [6.45, 7) is 4.94. The number of aromatic carboxylic acids is 1. The summed E-state index contributed by atoms with van der Waals surface area (Å²) in [6, 6.07) is 7.17. The van der Waals surface area contributed by atoms with Crippen LogP contribution < -0.4 is 0 Å². The monoisotopic (exact) mass is 330 g/mol. The minimum Gasteiger partial charge on any atom is -0.478 e. The van der Waals surface area contributed by atoms with Crippen LogP contribution in [0.3, 0.4) is 0 Å². The van der Waals surface area contributed by atoms with Crippen LogP contribution in [0, 0.1) is 0 Å². The Morgan fingerprint density at radius 2 is 1.92 bits per heavy atom. The number of carboxylic acids is 1. The molecule has 2 aliphatic rings. The van der Waals surface area contributed by atoms with Crippen molar-refractivity contribution in [1.29, 1.82) is 0 Å². The van der Waals surface area contributed by atoms with Gasteiger partial charge in [0.2, 0.25) is 5.91 Å². The lowest BCUT2D eigenvalue weighted by atomic mass is 9.78. The van der Waals surface area contributed by atoms with Crippen molar-refractivity contribution in [2.24, 2.45) is 0 Å². The summed E-state index contributed by atoms with van der Waals surface area (Å²) in [5.74, 6) is -0.702. The van der Waals surface area contributed by atoms with E-state index >= 15 is 0 Å². The normalized spacial score (nSPS) is 21.0. The summed E-state index contributed by atoms with van der Waals surface area (Å²) in [5.41, 5.74) is 1.34. The minimum absolute atomic E-state index is 0.0211. The Bertz CT molecular complexity index is 623. The highest BCUT2D eigenvalue weighted by Gasteiger charge is 2.43. The summed E-state index contributed by atoms with van der Waals surface area (Å²) < 4.78 is 0. The van der Waals surface area contributed by atoms with Gasteiger partial charge in [0, 0.05) is 33.1 Å². The van der Waals surface area contributed by atoms with Gasteiger partial charge in [0.1, 0.15) is 0 Å². The molecule has 0 radical (unpaired) electrons. The summed E-state index contributed by atoms with van der Waals surface area (Å²) in [6.07, 6.45) is 5.79. The molecule has 1 spiro atoms. The molecule has 1 aromatic carbocycles. The third-order valence-electron chi connectivity index (χ3n) is 5.47. The number of nitrogens with zero attached hydrogens (tertiary/aromatic N) is 2. The first-order valence-corrected chi connectivity index (χ1v) is 8.83. The second kappa shape index (κ2) is 6.93. The van der Waals surface area contributed by atoms with Crippen molar-refractivity contribution in [3.63, 3.8) is 0 Å². The lowest BCUT2D eigenvalue weighted by Crippen LogP contribution is -2.63. The number of benzene rings is 1. The van der Waals surface area contributed by atoms with Crippen LogP contribution in [0.2, 0.25) is 0 Å². The zero-order valence-electron chi connectivity index (χ0n) is 14.3. The molecule has 1 aliphatic carbocycles. The van der Waals surface area contributed by atoms with Gasteiger partial charge in [-0.05, 0) is 30.5 Å². The molecule has 1 aromatic rings. The molecule has 1 saturated carbocycles. The van der Waals surface area contributed by atoms with Crippen LogP contribution in [0.5, 0.6) is 0 Å². The van der Waals surface area contributed by atoms with Gasteiger partial charge in [-0.15, -0.1) is 0 Å². The van der Waals surface area contributed by atoms with Gasteiger partial charge >= 0.3 is 5.97 Å². The van der Waals surface area contributed by atoms with Gasteiger partial charge in [0.15, 0.2) is 0 Å². The Kier molecular flexibility index (Phi) is 4.90. The van der Waals surface area contributed by atoms with E-state index in [1.165, 1.54) is 19.3 Å². The first kappa shape index (κ1) is 17.0. The highest BCUT2D eigenvalue weighted by Crippen LogP contribution is 2.37. The zero-order valence-corrected chi connectivity index (χ0v) is 14.3. The average molecular weight is 330 g/mol. The van der Waals surface area contributed by atoms with E-state index < -0.39 is 5.97 Å². The van der Waals surface area contributed by atoms with Crippen molar-refractivity contribution >= 4 is 11.9 Å². The number of hydrogen-bond donors (Lipinski definition) is 1. The molecule has 5 nitrogen and oxygen atoms in total. The van der Waals surface area contributed by atoms with Crippen molar-refractivity contribution in [2.45, 2.75) is 51.1 Å². The summed E-state index contributed by atoms with van der Waals surface area (Å²) in [4.78, 5) is 27.7. The fourth-order valence-corrected chi connectivity index (χ4v) is 4.38. The molecule has 2 fully saturated rings. The number of carboxylic acid groups (broad SMARTS) is 1. The van der Waals surface area contributed by atoms with Crippen molar-refractivity contribution in [1.82, 2.24) is 9.80 Å². The molecule has 3 rings (SSSR count). The van der Waals surface area contributed by atoms with Gasteiger partial charge in [-0.25, -0.2) is 4.79 Å². The number of hydrogen-bond acceptors (Lipinski definition) is 3. The molecule has 0 aromatic heterocycles. The highest BCUT2D eigenvalue weighted by atomic mass is 16.4. The Labute approximate surface area is 143 Å². The number of amides is 1. The second-order valence-corrected chi connectivity index (χ2v) is 7.17. The zero-order chi connectivity index (χ0) is 17.2. The van der Waals surface area contributed by atoms with Gasteiger partial charge in [-0.1, -0.05) is 31.4 Å². The Morgan fingerprint density at radius 3 is 2.58 bits per heavy atom. The maximum absolute atomic E-state index is 12.1. The van der Waals surface area contributed by atoms with Crippen LogP contribution in [0.25, 0.3) is 0 Å². The summed E-state index contributed by atoms with van der Waals surface area (Å²) in [5, 5.41) is 9.15. The van der Waals surface area contributed by atoms with Crippen LogP contribution in [0.4, 0.5) is 0 Å². The molecule has 1 aliphatic heterocycles. The number of carbonyl (C=O) groups excluding carboxylic acids is 1. The topological polar surface area (TPSA) is 60.9 Å². The van der Waals surface area contributed by atoms with Gasteiger partial charge in [0.05, 0.1) is 11.1 Å². The third kappa shape index (κ3) is 3.46. The van der Waals surface area contributed by atoms with E-state index in [2.05, 4.69) is 9.80 Å². The lowest BCUT2D eigenvalue weighted by molar-refractivity contribution is -0.142. The van der Waals surface area contributed by atoms with Crippen molar-refractivity contribution < 1.29 is 14.7 Å². The van der Waals surface area contributed by atoms with Crippen molar-refractivity contribution in [3.8, 4) is 0 Å². The summed E-state index contributed by atoms with van der Waals surface area (Å²) in [7, 11) is 0. The quantitative estimate of drug-likeness (QED) is 0.926. The smallest absolute Gasteiger partial charge is 0.335 e. The predicted octanol–water partition coefficient (Wildman–Crippen LogP) is 2.75. The first-order valence-electron chi connectivity index (χ1n) is 8.83. The number of carbonyl (C=O) groups is 2. The molecule has 1 saturated heterocycles. The molecule has 1 amide bonds. The minimum atomic E-state index is -0.887. The molecular weight excluding hydrogens is 304 g/mol. The van der Waals surface area contributed by atoms with Crippen LogP contribution in [0.15, 0.2) is 24.3 Å².